The molecule has 23 heavy (non-hydrogen) atoms. The van der Waals surface area contributed by atoms with E-state index >= 15 is 0 Å². The second-order valence-electron chi connectivity index (χ2n) is 6.67. The van der Waals surface area contributed by atoms with Crippen LogP contribution in [0.1, 0.15) is 43.7 Å². The first-order valence-corrected chi connectivity index (χ1v) is 8.75. The maximum absolute atomic E-state index is 5.93. The van der Waals surface area contributed by atoms with Crippen LogP contribution in [-0.4, -0.2) is 37.8 Å². The van der Waals surface area contributed by atoms with Gasteiger partial charge in [-0.25, -0.2) is 0 Å². The van der Waals surface area contributed by atoms with Gasteiger partial charge in [-0.3, -0.25) is 4.99 Å². The van der Waals surface area contributed by atoms with E-state index in [9.17, 15) is 0 Å². The number of guanidine groups is 1. The van der Waals surface area contributed by atoms with E-state index in [2.05, 4.69) is 34.7 Å². The standard InChI is InChI=1S/C18H25N3O2/c1-3-22-17-8-12-7-11(2)23-16(12)10-14(17)13-9-15(13)21-18-19-5-4-6-20-18/h8,10-11,13,15H,3-7,9H2,1-2H3,(H2,19,20,21). The molecule has 0 spiro atoms. The fourth-order valence-corrected chi connectivity index (χ4v) is 3.53. The largest absolute Gasteiger partial charge is 0.494 e. The summed E-state index contributed by atoms with van der Waals surface area (Å²) < 4.78 is 11.8. The molecule has 2 aliphatic heterocycles. The molecule has 4 rings (SSSR count). The summed E-state index contributed by atoms with van der Waals surface area (Å²) in [6.07, 6.45) is 3.48. The van der Waals surface area contributed by atoms with Gasteiger partial charge >= 0.3 is 0 Å². The molecule has 0 radical (unpaired) electrons. The average molecular weight is 315 g/mol. The second kappa shape index (κ2) is 5.95. The maximum Gasteiger partial charge on any atom is 0.191 e. The first-order chi connectivity index (χ1) is 11.2. The minimum Gasteiger partial charge on any atom is -0.494 e. The Labute approximate surface area is 137 Å². The third kappa shape index (κ3) is 2.96. The molecule has 3 unspecified atom stereocenters. The minimum absolute atomic E-state index is 0.267. The van der Waals surface area contributed by atoms with Gasteiger partial charge in [-0.2, -0.15) is 0 Å². The van der Waals surface area contributed by atoms with Crippen molar-refractivity contribution >= 4 is 5.96 Å². The summed E-state index contributed by atoms with van der Waals surface area (Å²) in [5.74, 6) is 3.49. The summed E-state index contributed by atoms with van der Waals surface area (Å²) in [6.45, 7) is 6.79. The highest BCUT2D eigenvalue weighted by molar-refractivity contribution is 5.81. The topological polar surface area (TPSA) is 54.9 Å². The molecule has 124 valence electrons. The van der Waals surface area contributed by atoms with Crippen molar-refractivity contribution in [3.05, 3.63) is 23.3 Å². The van der Waals surface area contributed by atoms with Crippen molar-refractivity contribution in [3.63, 3.8) is 0 Å². The van der Waals surface area contributed by atoms with E-state index in [1.54, 1.807) is 0 Å². The molecule has 0 aromatic heterocycles. The molecule has 2 heterocycles. The molecule has 5 nitrogen and oxygen atoms in total. The molecule has 1 aromatic carbocycles. The lowest BCUT2D eigenvalue weighted by Crippen LogP contribution is -2.42. The number of fused-ring (bicyclic) bond motifs is 1. The summed E-state index contributed by atoms with van der Waals surface area (Å²) >= 11 is 0. The van der Waals surface area contributed by atoms with Crippen molar-refractivity contribution in [3.8, 4) is 11.5 Å². The Kier molecular flexibility index (Phi) is 3.79. The van der Waals surface area contributed by atoms with Crippen LogP contribution in [-0.2, 0) is 6.42 Å². The lowest BCUT2D eigenvalue weighted by atomic mass is 10.0. The van der Waals surface area contributed by atoms with Gasteiger partial charge in [0.15, 0.2) is 5.96 Å². The van der Waals surface area contributed by atoms with Crippen molar-refractivity contribution in [2.45, 2.75) is 51.2 Å². The van der Waals surface area contributed by atoms with Crippen LogP contribution in [0.15, 0.2) is 17.1 Å². The fraction of sp³-hybridized carbons (Fsp3) is 0.611. The predicted molar refractivity (Wildman–Crippen MR) is 90.6 cm³/mol. The SMILES string of the molecule is CCOc1cc2c(cc1C1CC1NC1=NCCCN1)OC(C)C2. The summed E-state index contributed by atoms with van der Waals surface area (Å²) in [5.41, 5.74) is 2.54. The Hall–Kier alpha value is -1.91. The summed E-state index contributed by atoms with van der Waals surface area (Å²) in [4.78, 5) is 4.50. The molecule has 3 atom stereocenters. The summed E-state index contributed by atoms with van der Waals surface area (Å²) in [7, 11) is 0. The van der Waals surface area contributed by atoms with Crippen LogP contribution >= 0.6 is 0 Å². The Bertz CT molecular complexity index is 629. The van der Waals surface area contributed by atoms with Crippen LogP contribution in [0.4, 0.5) is 0 Å². The van der Waals surface area contributed by atoms with Crippen molar-refractivity contribution in [2.75, 3.05) is 19.7 Å². The molecule has 5 heteroatoms. The van der Waals surface area contributed by atoms with Gasteiger partial charge in [-0.05, 0) is 38.8 Å². The Morgan fingerprint density at radius 2 is 2.35 bits per heavy atom. The molecule has 1 fully saturated rings. The number of nitrogens with one attached hydrogen (secondary N) is 2. The molecule has 1 aliphatic carbocycles. The van der Waals surface area contributed by atoms with E-state index in [-0.39, 0.29) is 6.10 Å². The van der Waals surface area contributed by atoms with Gasteiger partial charge < -0.3 is 20.1 Å². The van der Waals surface area contributed by atoms with Gasteiger partial charge in [0.2, 0.25) is 0 Å². The monoisotopic (exact) mass is 315 g/mol. The zero-order valence-electron chi connectivity index (χ0n) is 13.9. The van der Waals surface area contributed by atoms with Crippen LogP contribution in [0.2, 0.25) is 0 Å². The third-order valence-electron chi connectivity index (χ3n) is 4.74. The number of hydrogen-bond donors (Lipinski definition) is 2. The Morgan fingerprint density at radius 1 is 1.43 bits per heavy atom. The average Bonchev–Trinajstić information content (AvgIpc) is 3.20. The molecule has 1 aromatic rings. The zero-order chi connectivity index (χ0) is 15.8. The highest BCUT2D eigenvalue weighted by atomic mass is 16.5. The van der Waals surface area contributed by atoms with E-state index in [1.807, 2.05) is 6.92 Å². The van der Waals surface area contributed by atoms with Gasteiger partial charge in [-0.15, -0.1) is 0 Å². The summed E-state index contributed by atoms with van der Waals surface area (Å²) in [6, 6.07) is 4.82. The van der Waals surface area contributed by atoms with Crippen LogP contribution in [0, 0.1) is 0 Å². The zero-order valence-corrected chi connectivity index (χ0v) is 13.9. The molecule has 0 saturated heterocycles. The van der Waals surface area contributed by atoms with Crippen molar-refractivity contribution < 1.29 is 9.47 Å². The molecule has 3 aliphatic rings. The summed E-state index contributed by atoms with van der Waals surface area (Å²) in [5, 5.41) is 6.86. The first-order valence-electron chi connectivity index (χ1n) is 8.75. The van der Waals surface area contributed by atoms with Gasteiger partial charge in [0.25, 0.3) is 0 Å². The lowest BCUT2D eigenvalue weighted by Gasteiger charge is -2.17. The smallest absolute Gasteiger partial charge is 0.191 e. The lowest BCUT2D eigenvalue weighted by molar-refractivity contribution is 0.254. The van der Waals surface area contributed by atoms with Crippen molar-refractivity contribution in [1.29, 1.82) is 0 Å². The van der Waals surface area contributed by atoms with Crippen molar-refractivity contribution in [2.24, 2.45) is 4.99 Å². The Morgan fingerprint density at radius 3 is 3.13 bits per heavy atom. The predicted octanol–water partition coefficient (Wildman–Crippen LogP) is 2.20. The number of ether oxygens (including phenoxy) is 2. The van der Waals surface area contributed by atoms with E-state index in [0.29, 0.717) is 18.6 Å². The number of benzene rings is 1. The number of aliphatic imine (C=N–C) groups is 1. The molecule has 2 N–H and O–H groups in total. The first kappa shape index (κ1) is 14.7. The fourth-order valence-electron chi connectivity index (χ4n) is 3.53. The molecular formula is C18H25N3O2. The molecule has 1 saturated carbocycles. The quantitative estimate of drug-likeness (QED) is 0.894. The van der Waals surface area contributed by atoms with Crippen LogP contribution in [0.5, 0.6) is 11.5 Å². The van der Waals surface area contributed by atoms with Gasteiger partial charge in [-0.1, -0.05) is 0 Å². The second-order valence-corrected chi connectivity index (χ2v) is 6.67. The van der Waals surface area contributed by atoms with Gasteiger partial charge in [0, 0.05) is 42.6 Å². The van der Waals surface area contributed by atoms with Crippen LogP contribution in [0.25, 0.3) is 0 Å². The molecule has 0 bridgehead atoms. The third-order valence-corrected chi connectivity index (χ3v) is 4.74. The van der Waals surface area contributed by atoms with Crippen LogP contribution in [0.3, 0.4) is 0 Å². The molecular weight excluding hydrogens is 290 g/mol. The van der Waals surface area contributed by atoms with Gasteiger partial charge in [0.05, 0.1) is 6.61 Å². The van der Waals surface area contributed by atoms with E-state index < -0.39 is 0 Å². The van der Waals surface area contributed by atoms with Crippen LogP contribution < -0.4 is 20.1 Å². The highest BCUT2D eigenvalue weighted by Crippen LogP contribution is 2.48. The van der Waals surface area contributed by atoms with E-state index in [4.69, 9.17) is 9.47 Å². The van der Waals surface area contributed by atoms with E-state index in [1.165, 1.54) is 11.1 Å². The Balaban J connectivity index is 1.52. The number of nitrogens with zero attached hydrogens (tertiary/aromatic N) is 1. The molecule has 0 amide bonds. The highest BCUT2D eigenvalue weighted by Gasteiger charge is 2.42. The number of hydrogen-bond acceptors (Lipinski definition) is 5. The normalized spacial score (nSPS) is 28.3. The minimum atomic E-state index is 0.267. The van der Waals surface area contributed by atoms with Crippen molar-refractivity contribution in [1.82, 2.24) is 10.6 Å². The maximum atomic E-state index is 5.93. The van der Waals surface area contributed by atoms with Gasteiger partial charge in [0.1, 0.15) is 17.6 Å². The van der Waals surface area contributed by atoms with E-state index in [0.717, 1.165) is 49.8 Å². The number of rotatable bonds is 4.